The Labute approximate surface area is 182 Å². The third-order valence-corrected chi connectivity index (χ3v) is 6.02. The van der Waals surface area contributed by atoms with E-state index in [-0.39, 0.29) is 6.10 Å². The topological polar surface area (TPSA) is 85.3 Å². The number of nitrogens with zero attached hydrogens (tertiary/aromatic N) is 5. The number of fused-ring (bicyclic) bond motifs is 1. The van der Waals surface area contributed by atoms with E-state index < -0.39 is 0 Å². The molecule has 1 aromatic carbocycles. The van der Waals surface area contributed by atoms with Crippen LogP contribution in [0.4, 0.5) is 11.5 Å². The molecule has 162 valence electrons. The number of benzene rings is 1. The molecular formula is C23H28N6O2. The zero-order chi connectivity index (χ0) is 21.0. The highest BCUT2D eigenvalue weighted by atomic mass is 16.5. The fraction of sp³-hybridized carbons (Fsp3) is 0.478. The molecule has 0 bridgehead atoms. The van der Waals surface area contributed by atoms with Gasteiger partial charge in [0.05, 0.1) is 30.5 Å². The van der Waals surface area contributed by atoms with Gasteiger partial charge in [0.25, 0.3) is 0 Å². The minimum absolute atomic E-state index is 0.173. The first kappa shape index (κ1) is 19.9. The molecule has 2 fully saturated rings. The quantitative estimate of drug-likeness (QED) is 0.673. The minimum Gasteiger partial charge on any atom is -0.488 e. The number of ether oxygens (including phenoxy) is 2. The molecule has 3 aromatic rings. The van der Waals surface area contributed by atoms with Gasteiger partial charge in [-0.1, -0.05) is 0 Å². The number of hydrogen-bond acceptors (Lipinski definition) is 8. The first-order chi connectivity index (χ1) is 15.2. The lowest BCUT2D eigenvalue weighted by atomic mass is 9.93. The van der Waals surface area contributed by atoms with Gasteiger partial charge in [0.15, 0.2) is 0 Å². The van der Waals surface area contributed by atoms with E-state index in [9.17, 15) is 0 Å². The fourth-order valence-corrected chi connectivity index (χ4v) is 4.31. The van der Waals surface area contributed by atoms with Crippen LogP contribution in [-0.4, -0.2) is 58.6 Å². The van der Waals surface area contributed by atoms with Crippen LogP contribution >= 0.6 is 0 Å². The Bertz CT molecular complexity index is 1010. The number of hydrogen-bond donors (Lipinski definition) is 1. The highest BCUT2D eigenvalue weighted by Gasteiger charge is 2.24. The number of morpholine rings is 1. The lowest BCUT2D eigenvalue weighted by Gasteiger charge is -2.31. The van der Waals surface area contributed by atoms with Gasteiger partial charge in [0.2, 0.25) is 0 Å². The Kier molecular flexibility index (Phi) is 5.80. The summed E-state index contributed by atoms with van der Waals surface area (Å²) in [6, 6.07) is 8.59. The standard InChI is InChI=1S/C23H28N6O2/c1-16-2-7-22(28-27-16)26-17-3-5-19(6-4-17)31-21-15-18(29-10-12-30-13-11-29)14-20-23(21)25-9-8-24-20/h2,7-9,14-15,17,19H,3-6,10-13H2,1H3,(H,26,28). The summed E-state index contributed by atoms with van der Waals surface area (Å²) in [5, 5.41) is 11.9. The van der Waals surface area contributed by atoms with Gasteiger partial charge in [0, 0.05) is 43.3 Å². The molecule has 8 heteroatoms. The summed E-state index contributed by atoms with van der Waals surface area (Å²) in [6.45, 7) is 5.20. The summed E-state index contributed by atoms with van der Waals surface area (Å²) in [7, 11) is 0. The van der Waals surface area contributed by atoms with Gasteiger partial charge >= 0.3 is 0 Å². The van der Waals surface area contributed by atoms with Crippen molar-refractivity contribution < 1.29 is 9.47 Å². The Morgan fingerprint density at radius 2 is 1.81 bits per heavy atom. The molecule has 3 heterocycles. The second-order valence-electron chi connectivity index (χ2n) is 8.26. The summed E-state index contributed by atoms with van der Waals surface area (Å²) < 4.78 is 12.0. The van der Waals surface area contributed by atoms with Gasteiger partial charge < -0.3 is 19.7 Å². The summed E-state index contributed by atoms with van der Waals surface area (Å²) >= 11 is 0. The SMILES string of the molecule is Cc1ccc(NC2CCC(Oc3cc(N4CCOCC4)cc4nccnc34)CC2)nn1. The van der Waals surface area contributed by atoms with Crippen molar-refractivity contribution in [2.45, 2.75) is 44.8 Å². The van der Waals surface area contributed by atoms with Crippen LogP contribution in [-0.2, 0) is 4.74 Å². The number of anilines is 2. The monoisotopic (exact) mass is 420 g/mol. The maximum Gasteiger partial charge on any atom is 0.149 e. The van der Waals surface area contributed by atoms with Gasteiger partial charge in [-0.15, -0.1) is 5.10 Å². The molecule has 31 heavy (non-hydrogen) atoms. The predicted molar refractivity (Wildman–Crippen MR) is 120 cm³/mol. The zero-order valence-corrected chi connectivity index (χ0v) is 17.8. The van der Waals surface area contributed by atoms with Crippen LogP contribution in [0.3, 0.4) is 0 Å². The normalized spacial score (nSPS) is 21.8. The Balaban J connectivity index is 1.27. The van der Waals surface area contributed by atoms with E-state index in [2.05, 4.69) is 42.5 Å². The van der Waals surface area contributed by atoms with Crippen LogP contribution in [0, 0.1) is 6.92 Å². The summed E-state index contributed by atoms with van der Waals surface area (Å²) in [5.74, 6) is 1.67. The molecule has 1 N–H and O–H groups in total. The van der Waals surface area contributed by atoms with Gasteiger partial charge in [-0.3, -0.25) is 4.98 Å². The lowest BCUT2D eigenvalue weighted by molar-refractivity contribution is 0.122. The molecule has 0 amide bonds. The maximum absolute atomic E-state index is 6.50. The van der Waals surface area contributed by atoms with Crippen molar-refractivity contribution in [3.8, 4) is 5.75 Å². The number of nitrogens with one attached hydrogen (secondary N) is 1. The van der Waals surface area contributed by atoms with Crippen molar-refractivity contribution in [3.05, 3.63) is 42.4 Å². The van der Waals surface area contributed by atoms with E-state index >= 15 is 0 Å². The molecule has 1 saturated carbocycles. The summed E-state index contributed by atoms with van der Waals surface area (Å²) in [4.78, 5) is 11.4. The van der Waals surface area contributed by atoms with E-state index in [4.69, 9.17) is 9.47 Å². The van der Waals surface area contributed by atoms with Crippen LogP contribution < -0.4 is 15.0 Å². The predicted octanol–water partition coefficient (Wildman–Crippen LogP) is 3.37. The van der Waals surface area contributed by atoms with Crippen LogP contribution in [0.1, 0.15) is 31.4 Å². The molecule has 5 rings (SSSR count). The largest absolute Gasteiger partial charge is 0.488 e. The Hall–Kier alpha value is -3.00. The third-order valence-electron chi connectivity index (χ3n) is 6.02. The molecule has 2 aliphatic rings. The third kappa shape index (κ3) is 4.69. The molecular weight excluding hydrogens is 392 g/mol. The van der Waals surface area contributed by atoms with Crippen molar-refractivity contribution in [2.24, 2.45) is 0 Å². The van der Waals surface area contributed by atoms with Crippen molar-refractivity contribution in [2.75, 3.05) is 36.5 Å². The second-order valence-corrected chi connectivity index (χ2v) is 8.26. The van der Waals surface area contributed by atoms with E-state index in [1.165, 1.54) is 0 Å². The molecule has 1 saturated heterocycles. The zero-order valence-electron chi connectivity index (χ0n) is 17.8. The van der Waals surface area contributed by atoms with Crippen molar-refractivity contribution in [1.82, 2.24) is 20.2 Å². The molecule has 0 spiro atoms. The van der Waals surface area contributed by atoms with Crippen LogP contribution in [0.15, 0.2) is 36.7 Å². The molecule has 1 aliphatic carbocycles. The number of rotatable bonds is 5. The maximum atomic E-state index is 6.50. The molecule has 0 atom stereocenters. The van der Waals surface area contributed by atoms with Gasteiger partial charge in [-0.05, 0) is 50.8 Å². The molecule has 0 unspecified atom stereocenters. The minimum atomic E-state index is 0.173. The smallest absolute Gasteiger partial charge is 0.149 e. The average molecular weight is 421 g/mol. The first-order valence-corrected chi connectivity index (χ1v) is 11.1. The molecule has 1 aliphatic heterocycles. The van der Waals surface area contributed by atoms with Crippen molar-refractivity contribution in [3.63, 3.8) is 0 Å². The number of aryl methyl sites for hydroxylation is 1. The van der Waals surface area contributed by atoms with Crippen LogP contribution in [0.5, 0.6) is 5.75 Å². The average Bonchev–Trinajstić information content (AvgIpc) is 2.82. The van der Waals surface area contributed by atoms with E-state index in [1.54, 1.807) is 12.4 Å². The summed E-state index contributed by atoms with van der Waals surface area (Å²) in [5.41, 5.74) is 3.75. The number of aromatic nitrogens is 4. The lowest BCUT2D eigenvalue weighted by Crippen LogP contribution is -2.36. The summed E-state index contributed by atoms with van der Waals surface area (Å²) in [6.07, 6.45) is 7.68. The molecule has 0 radical (unpaired) electrons. The van der Waals surface area contributed by atoms with Gasteiger partial charge in [-0.2, -0.15) is 5.10 Å². The van der Waals surface area contributed by atoms with Gasteiger partial charge in [-0.25, -0.2) is 4.98 Å². The Morgan fingerprint density at radius 3 is 2.58 bits per heavy atom. The van der Waals surface area contributed by atoms with E-state index in [0.29, 0.717) is 6.04 Å². The Morgan fingerprint density at radius 1 is 1.00 bits per heavy atom. The first-order valence-electron chi connectivity index (χ1n) is 11.1. The second kappa shape index (κ2) is 9.01. The van der Waals surface area contributed by atoms with E-state index in [0.717, 1.165) is 86.0 Å². The van der Waals surface area contributed by atoms with Crippen molar-refractivity contribution in [1.29, 1.82) is 0 Å². The highest BCUT2D eigenvalue weighted by molar-refractivity contribution is 5.85. The van der Waals surface area contributed by atoms with Crippen LogP contribution in [0.2, 0.25) is 0 Å². The fourth-order valence-electron chi connectivity index (χ4n) is 4.31. The van der Waals surface area contributed by atoms with E-state index in [1.807, 2.05) is 19.1 Å². The van der Waals surface area contributed by atoms with Crippen molar-refractivity contribution >= 4 is 22.5 Å². The van der Waals surface area contributed by atoms with Crippen LogP contribution in [0.25, 0.3) is 11.0 Å². The highest BCUT2D eigenvalue weighted by Crippen LogP contribution is 2.33. The molecule has 2 aromatic heterocycles. The molecule has 8 nitrogen and oxygen atoms in total. The van der Waals surface area contributed by atoms with Gasteiger partial charge in [0.1, 0.15) is 17.1 Å².